The smallest absolute Gasteiger partial charge is 0.0448 e. The number of benzene rings is 9. The number of fused-ring (bicyclic) bond motifs is 12. The van der Waals surface area contributed by atoms with Crippen molar-refractivity contribution in [3.8, 4) is 44.5 Å². The summed E-state index contributed by atoms with van der Waals surface area (Å²) in [4.78, 5) is 0. The van der Waals surface area contributed by atoms with E-state index in [0.29, 0.717) is 0 Å². The van der Waals surface area contributed by atoms with E-state index in [-0.39, 0.29) is 5.41 Å². The largest absolute Gasteiger partial charge is 0.135 e. The molecule has 0 atom stereocenters. The zero-order valence-electron chi connectivity index (χ0n) is 30.5. The van der Waals surface area contributed by atoms with Crippen LogP contribution in [0.5, 0.6) is 0 Å². The van der Waals surface area contributed by atoms with Crippen molar-refractivity contribution in [3.63, 3.8) is 0 Å². The third-order valence-corrected chi connectivity index (χ3v) is 14.7. The number of hydrogen-bond donors (Lipinski definition) is 0. The van der Waals surface area contributed by atoms with E-state index in [0.717, 1.165) is 0 Å². The Labute approximate surface area is 327 Å². The van der Waals surface area contributed by atoms with Crippen LogP contribution < -0.4 is 0 Å². The molecule has 2 heteroatoms. The molecule has 0 N–H and O–H groups in total. The Morgan fingerprint density at radius 1 is 0.345 bits per heavy atom. The first-order valence-electron chi connectivity index (χ1n) is 19.1. The molecule has 12 rings (SSSR count). The van der Waals surface area contributed by atoms with Crippen molar-refractivity contribution in [3.05, 3.63) is 181 Å². The SMILES string of the molecule is CC1(C)c2ccc(-c3cccc4c3sc3c4ccc4sc5ccccc5c43)cc2-c2ccc(-c3c4ccccc4c(-c4ccccc4)c4ccccc34)cc21. The summed E-state index contributed by atoms with van der Waals surface area (Å²) in [6.45, 7) is 4.80. The minimum atomic E-state index is -0.135. The molecular weight excluding hydrogens is 701 g/mol. The van der Waals surface area contributed by atoms with E-state index in [1.807, 2.05) is 22.7 Å². The first-order chi connectivity index (χ1) is 27.0. The van der Waals surface area contributed by atoms with Crippen LogP contribution >= 0.6 is 22.7 Å². The zero-order valence-corrected chi connectivity index (χ0v) is 32.1. The molecule has 2 heterocycles. The Hall–Kier alpha value is -6.06. The van der Waals surface area contributed by atoms with Gasteiger partial charge in [0.2, 0.25) is 0 Å². The fourth-order valence-electron chi connectivity index (χ4n) is 9.72. The summed E-state index contributed by atoms with van der Waals surface area (Å²) in [5.74, 6) is 0. The quantitative estimate of drug-likeness (QED) is 0.159. The Morgan fingerprint density at radius 3 is 1.71 bits per heavy atom. The van der Waals surface area contributed by atoms with Crippen molar-refractivity contribution in [2.75, 3.05) is 0 Å². The van der Waals surface area contributed by atoms with E-state index in [1.54, 1.807) is 0 Å². The van der Waals surface area contributed by atoms with E-state index in [2.05, 4.69) is 184 Å². The summed E-state index contributed by atoms with van der Waals surface area (Å²) < 4.78 is 5.49. The lowest BCUT2D eigenvalue weighted by molar-refractivity contribution is 0.660. The molecule has 0 fully saturated rings. The summed E-state index contributed by atoms with van der Waals surface area (Å²) in [5.41, 5.74) is 13.1. The average Bonchev–Trinajstić information content (AvgIpc) is 3.87. The predicted molar refractivity (Wildman–Crippen MR) is 241 cm³/mol. The Balaban J connectivity index is 1.04. The summed E-state index contributed by atoms with van der Waals surface area (Å²) in [5, 5.41) is 10.6. The predicted octanol–water partition coefficient (Wildman–Crippen LogP) is 16.0. The molecule has 0 amide bonds. The fraction of sp³-hybridized carbons (Fsp3) is 0.0566. The zero-order chi connectivity index (χ0) is 36.4. The second-order valence-electron chi connectivity index (χ2n) is 15.6. The van der Waals surface area contributed by atoms with E-state index < -0.39 is 0 Å². The van der Waals surface area contributed by atoms with Gasteiger partial charge in [0, 0.05) is 45.8 Å². The molecule has 9 aromatic carbocycles. The van der Waals surface area contributed by atoms with Crippen LogP contribution in [0.2, 0.25) is 0 Å². The van der Waals surface area contributed by atoms with E-state index in [4.69, 9.17) is 0 Å². The molecule has 11 aromatic rings. The van der Waals surface area contributed by atoms with Crippen molar-refractivity contribution in [1.82, 2.24) is 0 Å². The highest BCUT2D eigenvalue weighted by atomic mass is 32.1. The van der Waals surface area contributed by atoms with Crippen LogP contribution in [0.4, 0.5) is 0 Å². The number of hydrogen-bond acceptors (Lipinski definition) is 2. The molecule has 0 aliphatic heterocycles. The van der Waals surface area contributed by atoms with Crippen LogP contribution in [-0.4, -0.2) is 0 Å². The molecule has 0 nitrogen and oxygen atoms in total. The summed E-state index contributed by atoms with van der Waals surface area (Å²) >= 11 is 3.86. The summed E-state index contributed by atoms with van der Waals surface area (Å²) in [6.07, 6.45) is 0. The van der Waals surface area contributed by atoms with Crippen LogP contribution in [0.25, 0.3) is 106 Å². The van der Waals surface area contributed by atoms with Gasteiger partial charge in [-0.2, -0.15) is 0 Å². The Bertz CT molecular complexity index is 3340. The van der Waals surface area contributed by atoms with Crippen LogP contribution in [0, 0.1) is 0 Å². The lowest BCUT2D eigenvalue weighted by Gasteiger charge is -2.23. The minimum absolute atomic E-state index is 0.135. The van der Waals surface area contributed by atoms with Crippen molar-refractivity contribution in [2.24, 2.45) is 0 Å². The van der Waals surface area contributed by atoms with Crippen molar-refractivity contribution in [1.29, 1.82) is 0 Å². The van der Waals surface area contributed by atoms with Crippen molar-refractivity contribution < 1.29 is 0 Å². The second kappa shape index (κ2) is 11.5. The maximum absolute atomic E-state index is 2.49. The molecule has 0 saturated heterocycles. The lowest BCUT2D eigenvalue weighted by Crippen LogP contribution is -2.15. The molecule has 1 aliphatic carbocycles. The molecule has 2 aromatic heterocycles. The Morgan fingerprint density at radius 2 is 0.964 bits per heavy atom. The normalized spacial score (nSPS) is 13.4. The third kappa shape index (κ3) is 4.38. The Kier molecular flexibility index (Phi) is 6.53. The van der Waals surface area contributed by atoms with Crippen LogP contribution in [0.1, 0.15) is 25.0 Å². The van der Waals surface area contributed by atoms with Gasteiger partial charge in [0.25, 0.3) is 0 Å². The van der Waals surface area contributed by atoms with Gasteiger partial charge < -0.3 is 0 Å². The van der Waals surface area contributed by atoms with Gasteiger partial charge in [-0.15, -0.1) is 22.7 Å². The number of rotatable bonds is 3. The van der Waals surface area contributed by atoms with Crippen LogP contribution in [0.15, 0.2) is 170 Å². The first-order valence-corrected chi connectivity index (χ1v) is 20.7. The fourth-order valence-corrected chi connectivity index (χ4v) is 12.3. The van der Waals surface area contributed by atoms with Gasteiger partial charge in [-0.3, -0.25) is 0 Å². The van der Waals surface area contributed by atoms with Crippen molar-refractivity contribution in [2.45, 2.75) is 19.3 Å². The van der Waals surface area contributed by atoms with Gasteiger partial charge in [-0.1, -0.05) is 159 Å². The van der Waals surface area contributed by atoms with Gasteiger partial charge in [0.1, 0.15) is 0 Å². The van der Waals surface area contributed by atoms with Gasteiger partial charge in [-0.05, 0) is 101 Å². The highest BCUT2D eigenvalue weighted by Gasteiger charge is 2.36. The molecule has 0 spiro atoms. The lowest BCUT2D eigenvalue weighted by atomic mass is 9.80. The summed E-state index contributed by atoms with van der Waals surface area (Å²) in [6, 6.07) is 63.7. The molecular formula is C53H34S2. The van der Waals surface area contributed by atoms with Gasteiger partial charge in [0.15, 0.2) is 0 Å². The maximum atomic E-state index is 2.49. The maximum Gasteiger partial charge on any atom is 0.0448 e. The minimum Gasteiger partial charge on any atom is -0.135 e. The molecule has 0 radical (unpaired) electrons. The monoisotopic (exact) mass is 734 g/mol. The highest BCUT2D eigenvalue weighted by molar-refractivity contribution is 7.30. The average molecular weight is 735 g/mol. The van der Waals surface area contributed by atoms with Gasteiger partial charge >= 0.3 is 0 Å². The molecule has 0 bridgehead atoms. The van der Waals surface area contributed by atoms with E-state index in [9.17, 15) is 0 Å². The van der Waals surface area contributed by atoms with Crippen LogP contribution in [0.3, 0.4) is 0 Å². The van der Waals surface area contributed by atoms with Gasteiger partial charge in [-0.25, -0.2) is 0 Å². The first kappa shape index (κ1) is 31.3. The van der Waals surface area contributed by atoms with Gasteiger partial charge in [0.05, 0.1) is 0 Å². The third-order valence-electron chi connectivity index (χ3n) is 12.3. The van der Waals surface area contributed by atoms with E-state index in [1.165, 1.54) is 118 Å². The second-order valence-corrected chi connectivity index (χ2v) is 17.7. The molecule has 0 unspecified atom stereocenters. The molecule has 0 saturated carbocycles. The number of thiophene rings is 2. The highest BCUT2D eigenvalue weighted by Crippen LogP contribution is 2.53. The molecule has 55 heavy (non-hydrogen) atoms. The van der Waals surface area contributed by atoms with E-state index >= 15 is 0 Å². The summed E-state index contributed by atoms with van der Waals surface area (Å²) in [7, 11) is 0. The van der Waals surface area contributed by atoms with Crippen LogP contribution in [-0.2, 0) is 5.41 Å². The van der Waals surface area contributed by atoms with Crippen molar-refractivity contribution >= 4 is 84.6 Å². The standard InChI is InChI=1S/C53H34S2/c1-53(2)44-27-24-32(34-20-12-21-40-41-26-28-47-50(52(41)55-51(34)40)42-19-10-11-22-46(42)54-47)29-43(44)35-25-23-33(30-45(35)53)49-38-17-8-6-15-36(38)48(31-13-4-3-5-14-31)37-16-7-9-18-39(37)49/h3-30H,1-2H3. The molecule has 258 valence electrons. The topological polar surface area (TPSA) is 0 Å². The molecule has 1 aliphatic rings.